The van der Waals surface area contributed by atoms with Crippen molar-refractivity contribution >= 4 is 11.6 Å². The average Bonchev–Trinajstić information content (AvgIpc) is 2.70. The molecule has 0 saturated heterocycles. The first kappa shape index (κ1) is 12.9. The second-order valence-electron chi connectivity index (χ2n) is 3.97. The van der Waals surface area contributed by atoms with E-state index in [0.717, 1.165) is 0 Å². The van der Waals surface area contributed by atoms with Gasteiger partial charge in [-0.1, -0.05) is 23.7 Å². The highest BCUT2D eigenvalue weighted by Crippen LogP contribution is 2.19. The Bertz CT molecular complexity index is 546. The third-order valence-electron chi connectivity index (χ3n) is 2.46. The summed E-state index contributed by atoms with van der Waals surface area (Å²) in [4.78, 5) is 1.31. The number of nitrogens with zero attached hydrogens (tertiary/aromatic N) is 4. The summed E-state index contributed by atoms with van der Waals surface area (Å²) in [6, 6.07) is 4.71. The summed E-state index contributed by atoms with van der Waals surface area (Å²) < 4.78 is 13.6. The molecule has 1 unspecified atom stereocenters. The van der Waals surface area contributed by atoms with Crippen LogP contribution < -0.4 is 0 Å². The number of benzene rings is 1. The Hall–Kier alpha value is -1.53. The molecule has 1 N–H and O–H groups in total. The lowest BCUT2D eigenvalue weighted by atomic mass is 10.1. The van der Waals surface area contributed by atoms with Crippen LogP contribution in [0.15, 0.2) is 18.2 Å². The maximum absolute atomic E-state index is 13.6. The van der Waals surface area contributed by atoms with Gasteiger partial charge in [0.2, 0.25) is 0 Å². The average molecular weight is 271 g/mol. The fraction of sp³-hybridized carbons (Fsp3) is 0.364. The third-order valence-corrected chi connectivity index (χ3v) is 2.75. The standard InChI is InChI=1S/C11H12ClFN4O/c1-17-15-10(14-16-17)6-8(18)5-7-3-2-4-9(12)11(7)13/h2-4,8,18H,5-6H2,1H3. The minimum Gasteiger partial charge on any atom is -0.392 e. The van der Waals surface area contributed by atoms with E-state index in [2.05, 4.69) is 15.4 Å². The van der Waals surface area contributed by atoms with Crippen molar-refractivity contribution in [2.75, 3.05) is 0 Å². The first-order valence-electron chi connectivity index (χ1n) is 5.40. The van der Waals surface area contributed by atoms with Crippen LogP contribution in [0.2, 0.25) is 5.02 Å². The Morgan fingerprint density at radius 3 is 2.89 bits per heavy atom. The molecule has 96 valence electrons. The van der Waals surface area contributed by atoms with Crippen molar-refractivity contribution in [3.8, 4) is 0 Å². The van der Waals surface area contributed by atoms with E-state index >= 15 is 0 Å². The van der Waals surface area contributed by atoms with Crippen LogP contribution in [0.4, 0.5) is 4.39 Å². The van der Waals surface area contributed by atoms with E-state index in [1.807, 2.05) is 0 Å². The molecule has 0 spiro atoms. The number of halogens is 2. The lowest BCUT2D eigenvalue weighted by Crippen LogP contribution is -2.16. The lowest BCUT2D eigenvalue weighted by Gasteiger charge is -2.09. The normalized spacial score (nSPS) is 12.7. The van der Waals surface area contributed by atoms with Gasteiger partial charge in [0, 0.05) is 12.8 Å². The van der Waals surface area contributed by atoms with E-state index in [1.165, 1.54) is 10.9 Å². The lowest BCUT2D eigenvalue weighted by molar-refractivity contribution is 0.171. The number of aliphatic hydroxyl groups is 1. The predicted molar refractivity (Wildman–Crippen MR) is 63.6 cm³/mol. The third kappa shape index (κ3) is 3.02. The zero-order valence-corrected chi connectivity index (χ0v) is 10.5. The Balaban J connectivity index is 2.03. The van der Waals surface area contributed by atoms with Gasteiger partial charge in [-0.25, -0.2) is 4.39 Å². The molecule has 0 saturated carbocycles. The van der Waals surface area contributed by atoms with Gasteiger partial charge in [0.1, 0.15) is 5.82 Å². The minimum atomic E-state index is -0.776. The highest BCUT2D eigenvalue weighted by molar-refractivity contribution is 6.30. The van der Waals surface area contributed by atoms with Gasteiger partial charge >= 0.3 is 0 Å². The van der Waals surface area contributed by atoms with Crippen molar-refractivity contribution in [2.45, 2.75) is 18.9 Å². The van der Waals surface area contributed by atoms with E-state index in [4.69, 9.17) is 11.6 Å². The van der Waals surface area contributed by atoms with Crippen LogP contribution in [0.5, 0.6) is 0 Å². The monoisotopic (exact) mass is 270 g/mol. The van der Waals surface area contributed by atoms with Crippen LogP contribution in [0, 0.1) is 5.82 Å². The molecule has 0 aliphatic heterocycles. The van der Waals surface area contributed by atoms with Crippen LogP contribution in [-0.4, -0.2) is 31.4 Å². The van der Waals surface area contributed by atoms with Gasteiger partial charge in [-0.15, -0.1) is 10.2 Å². The van der Waals surface area contributed by atoms with Gasteiger partial charge in [0.05, 0.1) is 18.2 Å². The zero-order chi connectivity index (χ0) is 13.1. The molecule has 18 heavy (non-hydrogen) atoms. The summed E-state index contributed by atoms with van der Waals surface area (Å²) in [7, 11) is 1.64. The van der Waals surface area contributed by atoms with Gasteiger partial charge < -0.3 is 5.11 Å². The van der Waals surface area contributed by atoms with Crippen molar-refractivity contribution in [2.24, 2.45) is 7.05 Å². The summed E-state index contributed by atoms with van der Waals surface area (Å²) in [5.74, 6) is -0.0715. The number of hydrogen-bond acceptors (Lipinski definition) is 4. The van der Waals surface area contributed by atoms with Crippen molar-refractivity contribution in [3.05, 3.63) is 40.4 Å². The smallest absolute Gasteiger partial charge is 0.177 e. The second kappa shape index (κ2) is 5.41. The number of aromatic nitrogens is 4. The Kier molecular flexibility index (Phi) is 3.88. The molecule has 2 rings (SSSR count). The first-order valence-corrected chi connectivity index (χ1v) is 5.78. The van der Waals surface area contributed by atoms with Crippen LogP contribution in [0.3, 0.4) is 0 Å². The highest BCUT2D eigenvalue weighted by Gasteiger charge is 2.14. The molecule has 0 aliphatic carbocycles. The molecular weight excluding hydrogens is 259 g/mol. The number of aryl methyl sites for hydroxylation is 1. The van der Waals surface area contributed by atoms with Crippen molar-refractivity contribution < 1.29 is 9.50 Å². The molecule has 0 bridgehead atoms. The molecule has 1 aromatic carbocycles. The van der Waals surface area contributed by atoms with Gasteiger partial charge in [-0.3, -0.25) is 0 Å². The van der Waals surface area contributed by atoms with E-state index in [1.54, 1.807) is 19.2 Å². The fourth-order valence-corrected chi connectivity index (χ4v) is 1.84. The Morgan fingerprint density at radius 1 is 1.44 bits per heavy atom. The molecule has 0 aliphatic rings. The largest absolute Gasteiger partial charge is 0.392 e. The summed E-state index contributed by atoms with van der Waals surface area (Å²) in [5.41, 5.74) is 0.374. The number of aliphatic hydroxyl groups excluding tert-OH is 1. The summed E-state index contributed by atoms with van der Waals surface area (Å²) in [5, 5.41) is 21.3. The topological polar surface area (TPSA) is 63.8 Å². The predicted octanol–water partition coefficient (Wildman–Crippen LogP) is 1.15. The van der Waals surface area contributed by atoms with Gasteiger partial charge in [-0.05, 0) is 16.8 Å². The molecule has 0 fully saturated rings. The van der Waals surface area contributed by atoms with Crippen LogP contribution in [0.1, 0.15) is 11.4 Å². The molecule has 1 atom stereocenters. The van der Waals surface area contributed by atoms with Crippen molar-refractivity contribution in [1.29, 1.82) is 0 Å². The van der Waals surface area contributed by atoms with Gasteiger partial charge in [0.25, 0.3) is 0 Å². The molecular formula is C11H12ClFN4O. The number of hydrogen-bond donors (Lipinski definition) is 1. The van der Waals surface area contributed by atoms with Crippen LogP contribution in [-0.2, 0) is 19.9 Å². The molecule has 1 aromatic heterocycles. The maximum atomic E-state index is 13.6. The Morgan fingerprint density at radius 2 is 2.22 bits per heavy atom. The Labute approximate surface area is 108 Å². The molecule has 1 heterocycles. The summed E-state index contributed by atoms with van der Waals surface area (Å²) in [6.45, 7) is 0. The number of rotatable bonds is 4. The summed E-state index contributed by atoms with van der Waals surface area (Å²) in [6.07, 6.45) is -0.396. The van der Waals surface area contributed by atoms with Gasteiger partial charge in [0.15, 0.2) is 5.82 Å². The number of tetrazole rings is 1. The first-order chi connectivity index (χ1) is 8.56. The fourth-order valence-electron chi connectivity index (χ4n) is 1.65. The minimum absolute atomic E-state index is 0.0531. The summed E-state index contributed by atoms with van der Waals surface area (Å²) >= 11 is 5.67. The van der Waals surface area contributed by atoms with E-state index in [9.17, 15) is 9.50 Å². The van der Waals surface area contributed by atoms with Gasteiger partial charge in [-0.2, -0.15) is 4.80 Å². The van der Waals surface area contributed by atoms with E-state index in [-0.39, 0.29) is 17.9 Å². The molecule has 0 radical (unpaired) electrons. The molecule has 2 aromatic rings. The zero-order valence-electron chi connectivity index (χ0n) is 9.72. The van der Waals surface area contributed by atoms with Crippen molar-refractivity contribution in [3.63, 3.8) is 0 Å². The molecule has 5 nitrogen and oxygen atoms in total. The van der Waals surface area contributed by atoms with Crippen LogP contribution >= 0.6 is 11.6 Å². The van der Waals surface area contributed by atoms with Crippen LogP contribution in [0.25, 0.3) is 0 Å². The van der Waals surface area contributed by atoms with E-state index < -0.39 is 11.9 Å². The van der Waals surface area contributed by atoms with Crippen molar-refractivity contribution in [1.82, 2.24) is 20.2 Å². The SMILES string of the molecule is Cn1nnc(CC(O)Cc2cccc(Cl)c2F)n1. The molecule has 0 amide bonds. The quantitative estimate of drug-likeness (QED) is 0.905. The van der Waals surface area contributed by atoms with E-state index in [0.29, 0.717) is 11.4 Å². The second-order valence-corrected chi connectivity index (χ2v) is 4.38. The maximum Gasteiger partial charge on any atom is 0.177 e. The highest BCUT2D eigenvalue weighted by atomic mass is 35.5. The molecule has 7 heteroatoms.